The molecule has 0 aliphatic carbocycles. The number of fused-ring (bicyclic) bond motifs is 1. The summed E-state index contributed by atoms with van der Waals surface area (Å²) >= 11 is 1.60. The third kappa shape index (κ3) is 2.72. The summed E-state index contributed by atoms with van der Waals surface area (Å²) in [4.78, 5) is 12.5. The molecule has 1 N–H and O–H groups in total. The number of nitrogens with one attached hydrogen (secondary N) is 1. The van der Waals surface area contributed by atoms with Crippen LogP contribution in [0, 0.1) is 0 Å². The smallest absolute Gasteiger partial charge is 0.268 e. The van der Waals surface area contributed by atoms with Gasteiger partial charge in [0.15, 0.2) is 9.84 Å². The minimum absolute atomic E-state index is 0.0511. The van der Waals surface area contributed by atoms with Crippen LogP contribution < -0.4 is 5.32 Å². The van der Waals surface area contributed by atoms with Gasteiger partial charge in [-0.05, 0) is 37.8 Å². The fourth-order valence-electron chi connectivity index (χ4n) is 2.84. The fourth-order valence-corrected chi connectivity index (χ4v) is 5.33. The maximum atomic E-state index is 12.5. The van der Waals surface area contributed by atoms with Gasteiger partial charge < -0.3 is 9.88 Å². The molecule has 21 heavy (non-hydrogen) atoms. The van der Waals surface area contributed by atoms with Gasteiger partial charge in [-0.3, -0.25) is 4.79 Å². The first-order chi connectivity index (χ1) is 9.87. The number of amides is 1. The lowest BCUT2D eigenvalue weighted by atomic mass is 10.2. The van der Waals surface area contributed by atoms with Gasteiger partial charge in [0.2, 0.25) is 0 Å². The quantitative estimate of drug-likeness (QED) is 0.940. The summed E-state index contributed by atoms with van der Waals surface area (Å²) in [7, 11) is -2.98. The number of aromatic nitrogens is 1. The van der Waals surface area contributed by atoms with Crippen molar-refractivity contribution in [2.45, 2.75) is 32.4 Å². The van der Waals surface area contributed by atoms with Crippen LogP contribution in [0.25, 0.3) is 10.2 Å². The van der Waals surface area contributed by atoms with E-state index in [1.54, 1.807) is 11.3 Å². The summed E-state index contributed by atoms with van der Waals surface area (Å²) in [5.41, 5.74) is 1.66. The highest BCUT2D eigenvalue weighted by Gasteiger charge is 2.30. The van der Waals surface area contributed by atoms with Gasteiger partial charge in [-0.15, -0.1) is 11.3 Å². The minimum atomic E-state index is -2.98. The molecule has 3 heterocycles. The van der Waals surface area contributed by atoms with Gasteiger partial charge in [0.05, 0.1) is 21.7 Å². The maximum absolute atomic E-state index is 12.5. The first-order valence-corrected chi connectivity index (χ1v) is 9.67. The zero-order valence-electron chi connectivity index (χ0n) is 12.0. The van der Waals surface area contributed by atoms with Crippen LogP contribution in [0.1, 0.15) is 36.8 Å². The standard InChI is InChI=1S/C14H18N2O3S2/c1-9(2)16-11-3-5-20-13(11)7-12(16)14(17)15-10-4-6-21(18,19)8-10/h3,5,7,9-10H,4,6,8H2,1-2H3,(H,15,17). The molecule has 2 aromatic heterocycles. The van der Waals surface area contributed by atoms with E-state index in [0.29, 0.717) is 12.1 Å². The highest BCUT2D eigenvalue weighted by Crippen LogP contribution is 2.28. The molecule has 1 aliphatic rings. The lowest BCUT2D eigenvalue weighted by Crippen LogP contribution is -2.36. The number of nitrogens with zero attached hydrogens (tertiary/aromatic N) is 1. The SMILES string of the molecule is CC(C)n1c(C(=O)NC2CCS(=O)(=O)C2)cc2sccc21. The maximum Gasteiger partial charge on any atom is 0.268 e. The Morgan fingerprint density at radius 1 is 1.48 bits per heavy atom. The van der Waals surface area contributed by atoms with Crippen molar-refractivity contribution in [1.29, 1.82) is 0 Å². The number of hydrogen-bond donors (Lipinski definition) is 1. The molecule has 0 saturated carbocycles. The highest BCUT2D eigenvalue weighted by atomic mass is 32.2. The van der Waals surface area contributed by atoms with Crippen LogP contribution in [0.3, 0.4) is 0 Å². The number of sulfone groups is 1. The minimum Gasteiger partial charge on any atom is -0.347 e. The molecule has 3 rings (SSSR count). The summed E-state index contributed by atoms with van der Waals surface area (Å²) in [6.07, 6.45) is 0.505. The van der Waals surface area contributed by atoms with Gasteiger partial charge in [-0.25, -0.2) is 8.42 Å². The number of hydrogen-bond acceptors (Lipinski definition) is 4. The molecule has 1 aliphatic heterocycles. The van der Waals surface area contributed by atoms with Crippen molar-refractivity contribution in [2.75, 3.05) is 11.5 Å². The molecule has 0 bridgehead atoms. The van der Waals surface area contributed by atoms with Gasteiger partial charge in [0, 0.05) is 12.1 Å². The van der Waals surface area contributed by atoms with E-state index in [4.69, 9.17) is 0 Å². The normalized spacial score (nSPS) is 21.2. The molecule has 1 fully saturated rings. The van der Waals surface area contributed by atoms with Crippen molar-refractivity contribution in [2.24, 2.45) is 0 Å². The third-order valence-corrected chi connectivity index (χ3v) is 6.40. The molecule has 0 spiro atoms. The largest absolute Gasteiger partial charge is 0.347 e. The highest BCUT2D eigenvalue weighted by molar-refractivity contribution is 7.91. The van der Waals surface area contributed by atoms with Crippen LogP contribution in [-0.4, -0.2) is 36.4 Å². The van der Waals surface area contributed by atoms with Crippen molar-refractivity contribution in [1.82, 2.24) is 9.88 Å². The Morgan fingerprint density at radius 2 is 2.24 bits per heavy atom. The number of rotatable bonds is 3. The zero-order chi connectivity index (χ0) is 15.2. The van der Waals surface area contributed by atoms with E-state index in [9.17, 15) is 13.2 Å². The number of carbonyl (C=O) groups is 1. The van der Waals surface area contributed by atoms with Crippen LogP contribution in [0.2, 0.25) is 0 Å². The van der Waals surface area contributed by atoms with Gasteiger partial charge in [0.1, 0.15) is 5.69 Å². The van der Waals surface area contributed by atoms with Crippen molar-refractivity contribution in [3.63, 3.8) is 0 Å². The summed E-state index contributed by atoms with van der Waals surface area (Å²) in [5.74, 6) is 0.0301. The van der Waals surface area contributed by atoms with Crippen LogP contribution >= 0.6 is 11.3 Å². The topological polar surface area (TPSA) is 68.2 Å². The summed E-state index contributed by atoms with van der Waals surface area (Å²) in [5, 5.41) is 4.87. The first-order valence-electron chi connectivity index (χ1n) is 6.97. The molecule has 5 nitrogen and oxygen atoms in total. The first kappa shape index (κ1) is 14.6. The third-order valence-electron chi connectivity index (χ3n) is 3.78. The van der Waals surface area contributed by atoms with E-state index < -0.39 is 9.84 Å². The Hall–Kier alpha value is -1.34. The average Bonchev–Trinajstić information content (AvgIpc) is 3.01. The van der Waals surface area contributed by atoms with Crippen molar-refractivity contribution in [3.05, 3.63) is 23.2 Å². The molecule has 0 aromatic carbocycles. The molecule has 1 atom stereocenters. The zero-order valence-corrected chi connectivity index (χ0v) is 13.6. The Bertz CT molecular complexity index is 786. The van der Waals surface area contributed by atoms with Gasteiger partial charge >= 0.3 is 0 Å². The Balaban J connectivity index is 1.88. The van der Waals surface area contributed by atoms with E-state index in [0.717, 1.165) is 10.2 Å². The lowest BCUT2D eigenvalue weighted by molar-refractivity contribution is 0.0931. The number of thiophene rings is 1. The molecule has 1 amide bonds. The summed E-state index contributed by atoms with van der Waals surface area (Å²) in [6.45, 7) is 4.07. The Morgan fingerprint density at radius 3 is 2.86 bits per heavy atom. The van der Waals surface area contributed by atoms with Crippen LogP contribution in [0.4, 0.5) is 0 Å². The monoisotopic (exact) mass is 326 g/mol. The molecule has 2 aromatic rings. The molecule has 0 radical (unpaired) electrons. The second kappa shape index (κ2) is 5.14. The summed E-state index contributed by atoms with van der Waals surface area (Å²) in [6, 6.07) is 3.80. The molecular formula is C14H18N2O3S2. The number of carbonyl (C=O) groups excluding carboxylic acids is 1. The average molecular weight is 326 g/mol. The van der Waals surface area contributed by atoms with Gasteiger partial charge in [-0.2, -0.15) is 0 Å². The fraction of sp³-hybridized carbons (Fsp3) is 0.500. The van der Waals surface area contributed by atoms with Crippen molar-refractivity contribution < 1.29 is 13.2 Å². The molecule has 7 heteroatoms. The van der Waals surface area contributed by atoms with E-state index >= 15 is 0 Å². The van der Waals surface area contributed by atoms with E-state index in [-0.39, 0.29) is 29.5 Å². The molecule has 1 unspecified atom stereocenters. The van der Waals surface area contributed by atoms with Gasteiger partial charge in [-0.1, -0.05) is 0 Å². The van der Waals surface area contributed by atoms with E-state index in [2.05, 4.69) is 5.32 Å². The van der Waals surface area contributed by atoms with E-state index in [1.165, 1.54) is 0 Å². The summed E-state index contributed by atoms with van der Waals surface area (Å²) < 4.78 is 26.0. The predicted molar refractivity (Wildman–Crippen MR) is 84.7 cm³/mol. The van der Waals surface area contributed by atoms with Crippen molar-refractivity contribution in [3.8, 4) is 0 Å². The van der Waals surface area contributed by atoms with Crippen LogP contribution in [0.15, 0.2) is 17.5 Å². The van der Waals surface area contributed by atoms with Crippen LogP contribution in [-0.2, 0) is 9.84 Å². The Labute approximate surface area is 127 Å². The molecule has 1 saturated heterocycles. The lowest BCUT2D eigenvalue weighted by Gasteiger charge is -2.16. The second-order valence-electron chi connectivity index (χ2n) is 5.74. The van der Waals surface area contributed by atoms with Gasteiger partial charge in [0.25, 0.3) is 5.91 Å². The molecular weight excluding hydrogens is 308 g/mol. The van der Waals surface area contributed by atoms with E-state index in [1.807, 2.05) is 35.9 Å². The van der Waals surface area contributed by atoms with Crippen molar-refractivity contribution >= 4 is 37.3 Å². The molecule has 114 valence electrons. The van der Waals surface area contributed by atoms with Crippen LogP contribution in [0.5, 0.6) is 0 Å². The predicted octanol–water partition coefficient (Wildman–Crippen LogP) is 2.20. The Kier molecular flexibility index (Phi) is 3.57. The second-order valence-corrected chi connectivity index (χ2v) is 8.91.